The minimum Gasteiger partial charge on any atom is -0.748 e. The topological polar surface area (TPSA) is 77.4 Å². The SMILES string of the molecule is CCCCC(O)CCCCCCCS(=O)(=O)[O-].[K+]. The second-order valence-electron chi connectivity index (χ2n) is 4.61. The summed E-state index contributed by atoms with van der Waals surface area (Å²) in [6.45, 7) is 2.11. The van der Waals surface area contributed by atoms with Crippen molar-refractivity contribution < 1.29 is 69.5 Å². The average molecular weight is 304 g/mol. The van der Waals surface area contributed by atoms with Gasteiger partial charge in [0.25, 0.3) is 0 Å². The van der Waals surface area contributed by atoms with Crippen molar-refractivity contribution in [2.24, 2.45) is 0 Å². The molecule has 0 saturated heterocycles. The predicted octanol–water partition coefficient (Wildman–Crippen LogP) is -0.573. The second-order valence-corrected chi connectivity index (χ2v) is 6.14. The Morgan fingerprint density at radius 1 is 1.00 bits per heavy atom. The Kier molecular flexibility index (Phi) is 16.3. The Morgan fingerprint density at radius 3 is 2.06 bits per heavy atom. The van der Waals surface area contributed by atoms with Gasteiger partial charge < -0.3 is 9.66 Å². The van der Waals surface area contributed by atoms with Crippen LogP contribution in [-0.4, -0.2) is 29.9 Å². The molecular weight excluding hydrogens is 279 g/mol. The Hall–Kier alpha value is 1.51. The second kappa shape index (κ2) is 13.5. The maximum absolute atomic E-state index is 10.3. The predicted molar refractivity (Wildman–Crippen MR) is 67.8 cm³/mol. The van der Waals surface area contributed by atoms with Crippen molar-refractivity contribution in [1.82, 2.24) is 0 Å². The first kappa shape index (κ1) is 21.8. The summed E-state index contributed by atoms with van der Waals surface area (Å²) in [4.78, 5) is 0. The number of hydrogen-bond acceptors (Lipinski definition) is 4. The van der Waals surface area contributed by atoms with E-state index in [1.54, 1.807) is 0 Å². The zero-order valence-corrected chi connectivity index (χ0v) is 15.7. The minimum absolute atomic E-state index is 0. The van der Waals surface area contributed by atoms with Crippen molar-refractivity contribution in [1.29, 1.82) is 0 Å². The van der Waals surface area contributed by atoms with Crippen LogP contribution in [-0.2, 0) is 10.1 Å². The van der Waals surface area contributed by atoms with Gasteiger partial charge in [-0.05, 0) is 19.3 Å². The molecule has 0 aliphatic carbocycles. The van der Waals surface area contributed by atoms with Gasteiger partial charge in [0.15, 0.2) is 0 Å². The van der Waals surface area contributed by atoms with Crippen LogP contribution >= 0.6 is 0 Å². The summed E-state index contributed by atoms with van der Waals surface area (Å²) in [7, 11) is -4.03. The van der Waals surface area contributed by atoms with Crippen molar-refractivity contribution in [3.63, 3.8) is 0 Å². The van der Waals surface area contributed by atoms with E-state index in [2.05, 4.69) is 6.92 Å². The Bertz CT molecular complexity index is 267. The van der Waals surface area contributed by atoms with Crippen LogP contribution in [0.4, 0.5) is 0 Å². The van der Waals surface area contributed by atoms with E-state index in [4.69, 9.17) is 0 Å². The van der Waals surface area contributed by atoms with E-state index in [0.29, 0.717) is 6.42 Å². The van der Waals surface area contributed by atoms with Crippen LogP contribution in [0, 0.1) is 0 Å². The quantitative estimate of drug-likeness (QED) is 0.315. The molecule has 0 spiro atoms. The van der Waals surface area contributed by atoms with Gasteiger partial charge in [-0.25, -0.2) is 8.42 Å². The van der Waals surface area contributed by atoms with Crippen LogP contribution in [0.2, 0.25) is 0 Å². The molecule has 0 amide bonds. The first-order chi connectivity index (χ1) is 7.95. The third-order valence-corrected chi connectivity index (χ3v) is 3.61. The van der Waals surface area contributed by atoms with Gasteiger partial charge in [0, 0.05) is 5.75 Å². The van der Waals surface area contributed by atoms with E-state index in [-0.39, 0.29) is 63.2 Å². The molecule has 0 aliphatic heterocycles. The fourth-order valence-electron chi connectivity index (χ4n) is 1.77. The molecule has 1 atom stereocenters. The Morgan fingerprint density at radius 2 is 1.50 bits per heavy atom. The molecule has 0 heterocycles. The normalized spacial score (nSPS) is 13.1. The number of aliphatic hydroxyl groups excluding tert-OH is 1. The zero-order valence-electron chi connectivity index (χ0n) is 11.7. The van der Waals surface area contributed by atoms with Crippen LogP contribution in [0.1, 0.15) is 64.7 Å². The molecule has 0 aliphatic rings. The molecule has 0 radical (unpaired) electrons. The number of rotatable bonds is 11. The first-order valence-electron chi connectivity index (χ1n) is 6.57. The van der Waals surface area contributed by atoms with Crippen molar-refractivity contribution >= 4 is 10.1 Å². The Labute approximate surface area is 154 Å². The van der Waals surface area contributed by atoms with Gasteiger partial charge >= 0.3 is 51.4 Å². The molecule has 0 bridgehead atoms. The molecule has 0 saturated carbocycles. The van der Waals surface area contributed by atoms with Crippen molar-refractivity contribution in [3.05, 3.63) is 0 Å². The number of hydrogen-bond donors (Lipinski definition) is 1. The molecule has 0 aromatic carbocycles. The molecule has 6 heteroatoms. The number of unbranched alkanes of at least 4 members (excludes halogenated alkanes) is 5. The fourth-order valence-corrected chi connectivity index (χ4v) is 2.33. The van der Waals surface area contributed by atoms with Crippen LogP contribution in [0.5, 0.6) is 0 Å². The van der Waals surface area contributed by atoms with Crippen LogP contribution in [0.15, 0.2) is 0 Å². The maximum Gasteiger partial charge on any atom is 1.00 e. The molecule has 0 fully saturated rings. The summed E-state index contributed by atoms with van der Waals surface area (Å²) < 4.78 is 31.0. The summed E-state index contributed by atoms with van der Waals surface area (Å²) in [5, 5.41) is 9.57. The van der Waals surface area contributed by atoms with E-state index in [1.165, 1.54) is 0 Å². The molecule has 0 aromatic rings. The molecule has 104 valence electrons. The largest absolute Gasteiger partial charge is 1.00 e. The van der Waals surface area contributed by atoms with Crippen molar-refractivity contribution in [3.8, 4) is 0 Å². The smallest absolute Gasteiger partial charge is 0.748 e. The maximum atomic E-state index is 10.3. The van der Waals surface area contributed by atoms with E-state index in [0.717, 1.165) is 51.4 Å². The fraction of sp³-hybridized carbons (Fsp3) is 1.00. The van der Waals surface area contributed by atoms with Gasteiger partial charge in [-0.2, -0.15) is 0 Å². The van der Waals surface area contributed by atoms with E-state index >= 15 is 0 Å². The van der Waals surface area contributed by atoms with Crippen LogP contribution < -0.4 is 51.4 Å². The van der Waals surface area contributed by atoms with E-state index in [9.17, 15) is 18.1 Å². The molecular formula is C12H25KO4S. The summed E-state index contributed by atoms with van der Waals surface area (Å²) in [5.41, 5.74) is 0. The van der Waals surface area contributed by atoms with Crippen LogP contribution in [0.25, 0.3) is 0 Å². The van der Waals surface area contributed by atoms with Gasteiger partial charge in [-0.1, -0.05) is 45.4 Å². The molecule has 0 rings (SSSR count). The average Bonchev–Trinajstić information content (AvgIpc) is 2.23. The van der Waals surface area contributed by atoms with E-state index in [1.807, 2.05) is 0 Å². The summed E-state index contributed by atoms with van der Waals surface area (Å²) in [6, 6.07) is 0. The van der Waals surface area contributed by atoms with Gasteiger partial charge in [-0.15, -0.1) is 0 Å². The Balaban J connectivity index is 0. The van der Waals surface area contributed by atoms with Gasteiger partial charge in [0.05, 0.1) is 16.2 Å². The zero-order chi connectivity index (χ0) is 13.1. The molecule has 1 unspecified atom stereocenters. The molecule has 1 N–H and O–H groups in total. The van der Waals surface area contributed by atoms with E-state index < -0.39 is 10.1 Å². The molecule has 18 heavy (non-hydrogen) atoms. The summed E-state index contributed by atoms with van der Waals surface area (Å²) in [5.74, 6) is -0.244. The standard InChI is InChI=1S/C12H26O4S.K/c1-2-3-9-12(13)10-7-5-4-6-8-11-17(14,15)16;/h12-13H,2-11H2,1H3,(H,14,15,16);/q;+1/p-1. The summed E-state index contributed by atoms with van der Waals surface area (Å²) in [6.07, 6.45) is 7.88. The van der Waals surface area contributed by atoms with Crippen molar-refractivity contribution in [2.45, 2.75) is 70.8 Å². The van der Waals surface area contributed by atoms with Gasteiger partial charge in [-0.3, -0.25) is 0 Å². The number of aliphatic hydroxyl groups is 1. The van der Waals surface area contributed by atoms with Crippen molar-refractivity contribution in [2.75, 3.05) is 5.75 Å². The van der Waals surface area contributed by atoms with Gasteiger partial charge in [0.2, 0.25) is 0 Å². The summed E-state index contributed by atoms with van der Waals surface area (Å²) >= 11 is 0. The van der Waals surface area contributed by atoms with Crippen LogP contribution in [0.3, 0.4) is 0 Å². The molecule has 0 aromatic heterocycles. The first-order valence-corrected chi connectivity index (χ1v) is 8.15. The third kappa shape index (κ3) is 17.5. The molecule has 4 nitrogen and oxygen atoms in total. The minimum atomic E-state index is -4.03. The van der Waals surface area contributed by atoms with Gasteiger partial charge in [0.1, 0.15) is 0 Å². The third-order valence-electron chi connectivity index (χ3n) is 2.82. The monoisotopic (exact) mass is 304 g/mol.